The largest absolute Gasteiger partial charge is 0.386 e. The first-order valence-corrected chi connectivity index (χ1v) is 5.23. The molecule has 0 aliphatic carbocycles. The van der Waals surface area contributed by atoms with Gasteiger partial charge in [0.15, 0.2) is 0 Å². The van der Waals surface area contributed by atoms with Gasteiger partial charge >= 0.3 is 0 Å². The third-order valence-corrected chi connectivity index (χ3v) is 3.20. The number of thiazole rings is 1. The van der Waals surface area contributed by atoms with Gasteiger partial charge in [-0.15, -0.1) is 11.3 Å². The zero-order valence-corrected chi connectivity index (χ0v) is 8.61. The molecule has 0 aliphatic heterocycles. The second kappa shape index (κ2) is 3.34. The fourth-order valence-corrected chi connectivity index (χ4v) is 2.28. The molecule has 1 heterocycles. The van der Waals surface area contributed by atoms with Crippen molar-refractivity contribution in [1.29, 1.82) is 0 Å². The Morgan fingerprint density at radius 2 is 2.31 bits per heavy atom. The third-order valence-electron chi connectivity index (χ3n) is 2.04. The molecule has 0 fully saturated rings. The Hall–Kier alpha value is -1.09. The molecular formula is C10H12N2S. The quantitative estimate of drug-likeness (QED) is 0.791. The molecule has 2 rings (SSSR count). The van der Waals surface area contributed by atoms with Gasteiger partial charge in [0.2, 0.25) is 0 Å². The average molecular weight is 192 g/mol. The van der Waals surface area contributed by atoms with Gasteiger partial charge < -0.3 is 5.32 Å². The molecule has 0 unspecified atom stereocenters. The Morgan fingerprint density at radius 3 is 3.00 bits per heavy atom. The minimum Gasteiger partial charge on any atom is -0.386 e. The predicted octanol–water partition coefficient (Wildman–Crippen LogP) is 2.90. The van der Waals surface area contributed by atoms with Crippen LogP contribution in [0.4, 0.5) is 5.69 Å². The van der Waals surface area contributed by atoms with E-state index in [1.807, 2.05) is 7.05 Å². The summed E-state index contributed by atoms with van der Waals surface area (Å²) in [6.07, 6.45) is 1.02. The van der Waals surface area contributed by atoms with Crippen LogP contribution in [0.25, 0.3) is 10.2 Å². The van der Waals surface area contributed by atoms with E-state index in [4.69, 9.17) is 0 Å². The molecular weight excluding hydrogens is 180 g/mol. The van der Waals surface area contributed by atoms with Crippen molar-refractivity contribution in [2.24, 2.45) is 0 Å². The molecule has 1 N–H and O–H groups in total. The Morgan fingerprint density at radius 1 is 1.46 bits per heavy atom. The summed E-state index contributed by atoms with van der Waals surface area (Å²) in [6, 6.07) is 6.24. The van der Waals surface area contributed by atoms with E-state index in [-0.39, 0.29) is 0 Å². The monoisotopic (exact) mass is 192 g/mol. The zero-order valence-electron chi connectivity index (χ0n) is 7.79. The second-order valence-corrected chi connectivity index (χ2v) is 3.98. The van der Waals surface area contributed by atoms with Crippen LogP contribution < -0.4 is 5.32 Å². The van der Waals surface area contributed by atoms with E-state index < -0.39 is 0 Å². The van der Waals surface area contributed by atoms with E-state index in [0.29, 0.717) is 0 Å². The number of fused-ring (bicyclic) bond motifs is 1. The van der Waals surface area contributed by atoms with Crippen molar-refractivity contribution < 1.29 is 0 Å². The molecule has 0 aliphatic rings. The number of aryl methyl sites for hydroxylation is 1. The van der Waals surface area contributed by atoms with Crippen LogP contribution in [0.5, 0.6) is 0 Å². The predicted molar refractivity (Wildman–Crippen MR) is 58.5 cm³/mol. The molecule has 0 radical (unpaired) electrons. The summed E-state index contributed by atoms with van der Waals surface area (Å²) in [6.45, 7) is 2.14. The minimum absolute atomic E-state index is 1.02. The first kappa shape index (κ1) is 8.51. The van der Waals surface area contributed by atoms with Crippen LogP contribution in [-0.4, -0.2) is 12.0 Å². The van der Waals surface area contributed by atoms with Crippen LogP contribution in [0.1, 0.15) is 11.9 Å². The Labute approximate surface area is 81.6 Å². The number of hydrogen-bond donors (Lipinski definition) is 1. The highest BCUT2D eigenvalue weighted by molar-refractivity contribution is 7.18. The van der Waals surface area contributed by atoms with Crippen molar-refractivity contribution in [2.75, 3.05) is 12.4 Å². The first-order chi connectivity index (χ1) is 6.35. The van der Waals surface area contributed by atoms with E-state index >= 15 is 0 Å². The highest BCUT2D eigenvalue weighted by Gasteiger charge is 2.04. The van der Waals surface area contributed by atoms with Crippen LogP contribution in [0.3, 0.4) is 0 Å². The molecule has 0 spiro atoms. The Bertz CT molecular complexity index is 420. The maximum Gasteiger partial charge on any atom is 0.105 e. The van der Waals surface area contributed by atoms with Crippen LogP contribution >= 0.6 is 11.3 Å². The maximum absolute atomic E-state index is 4.56. The second-order valence-electron chi connectivity index (χ2n) is 2.86. The van der Waals surface area contributed by atoms with E-state index in [2.05, 4.69) is 35.4 Å². The van der Waals surface area contributed by atoms with Gasteiger partial charge in [0, 0.05) is 7.05 Å². The van der Waals surface area contributed by atoms with Gasteiger partial charge in [0.1, 0.15) is 5.52 Å². The number of aromatic nitrogens is 1. The van der Waals surface area contributed by atoms with E-state index in [1.165, 1.54) is 9.71 Å². The van der Waals surface area contributed by atoms with Gasteiger partial charge in [-0.3, -0.25) is 0 Å². The molecule has 0 saturated heterocycles. The third kappa shape index (κ3) is 1.40. The fourth-order valence-electron chi connectivity index (χ4n) is 1.35. The SMILES string of the molecule is CCc1nc2c(NC)cccc2s1. The lowest BCUT2D eigenvalue weighted by molar-refractivity contribution is 1.11. The molecule has 1 aromatic heterocycles. The maximum atomic E-state index is 4.56. The van der Waals surface area contributed by atoms with Crippen LogP contribution in [0.15, 0.2) is 18.2 Å². The minimum atomic E-state index is 1.02. The van der Waals surface area contributed by atoms with E-state index in [9.17, 15) is 0 Å². The van der Waals surface area contributed by atoms with Crippen LogP contribution in [-0.2, 0) is 6.42 Å². The van der Waals surface area contributed by atoms with Crippen LogP contribution in [0, 0.1) is 0 Å². The molecule has 68 valence electrons. The van der Waals surface area contributed by atoms with Gasteiger partial charge in [-0.2, -0.15) is 0 Å². The van der Waals surface area contributed by atoms with Crippen molar-refractivity contribution in [1.82, 2.24) is 4.98 Å². The highest BCUT2D eigenvalue weighted by atomic mass is 32.1. The average Bonchev–Trinajstić information content (AvgIpc) is 2.59. The molecule has 0 amide bonds. The van der Waals surface area contributed by atoms with Crippen molar-refractivity contribution in [2.45, 2.75) is 13.3 Å². The summed E-state index contributed by atoms with van der Waals surface area (Å²) in [7, 11) is 1.93. The Balaban J connectivity index is 2.67. The molecule has 0 atom stereocenters. The number of hydrogen-bond acceptors (Lipinski definition) is 3. The summed E-state index contributed by atoms with van der Waals surface area (Å²) < 4.78 is 1.27. The zero-order chi connectivity index (χ0) is 9.26. The van der Waals surface area contributed by atoms with E-state index in [1.54, 1.807) is 11.3 Å². The van der Waals surface area contributed by atoms with Crippen LogP contribution in [0.2, 0.25) is 0 Å². The first-order valence-electron chi connectivity index (χ1n) is 4.41. The normalized spacial score (nSPS) is 10.6. The lowest BCUT2D eigenvalue weighted by Crippen LogP contribution is -1.88. The number of anilines is 1. The Kier molecular flexibility index (Phi) is 2.19. The summed E-state index contributed by atoms with van der Waals surface area (Å²) in [5.74, 6) is 0. The lowest BCUT2D eigenvalue weighted by atomic mass is 10.3. The fraction of sp³-hybridized carbons (Fsp3) is 0.300. The lowest BCUT2D eigenvalue weighted by Gasteiger charge is -1.98. The van der Waals surface area contributed by atoms with Gasteiger partial charge in [-0.1, -0.05) is 13.0 Å². The number of nitrogens with one attached hydrogen (secondary N) is 1. The standard InChI is InChI=1S/C10H12N2S/c1-3-9-12-10-7(11-2)5-4-6-8(10)13-9/h4-6,11H,3H2,1-2H3. The van der Waals surface area contributed by atoms with Gasteiger partial charge in [0.25, 0.3) is 0 Å². The van der Waals surface area contributed by atoms with Crippen molar-refractivity contribution >= 4 is 27.2 Å². The molecule has 0 saturated carbocycles. The van der Waals surface area contributed by atoms with Gasteiger partial charge in [-0.05, 0) is 18.6 Å². The van der Waals surface area contributed by atoms with Crippen molar-refractivity contribution in [3.63, 3.8) is 0 Å². The number of para-hydroxylation sites is 1. The molecule has 2 aromatic rings. The van der Waals surface area contributed by atoms with Gasteiger partial charge in [0.05, 0.1) is 15.4 Å². The smallest absolute Gasteiger partial charge is 0.105 e. The number of benzene rings is 1. The molecule has 0 bridgehead atoms. The summed E-state index contributed by atoms with van der Waals surface area (Å²) in [5, 5.41) is 4.36. The summed E-state index contributed by atoms with van der Waals surface area (Å²) >= 11 is 1.78. The van der Waals surface area contributed by atoms with Crippen molar-refractivity contribution in [3.05, 3.63) is 23.2 Å². The molecule has 13 heavy (non-hydrogen) atoms. The summed E-state index contributed by atoms with van der Waals surface area (Å²) in [4.78, 5) is 4.56. The number of rotatable bonds is 2. The summed E-state index contributed by atoms with van der Waals surface area (Å²) in [5.41, 5.74) is 2.22. The topological polar surface area (TPSA) is 24.9 Å². The molecule has 2 nitrogen and oxygen atoms in total. The van der Waals surface area contributed by atoms with Gasteiger partial charge in [-0.25, -0.2) is 4.98 Å². The molecule has 1 aromatic carbocycles. The molecule has 3 heteroatoms. The van der Waals surface area contributed by atoms with Crippen molar-refractivity contribution in [3.8, 4) is 0 Å². The number of nitrogens with zero attached hydrogens (tertiary/aromatic N) is 1. The highest BCUT2D eigenvalue weighted by Crippen LogP contribution is 2.27. The van der Waals surface area contributed by atoms with E-state index in [0.717, 1.165) is 17.6 Å².